The number of aromatic amines is 1. The molecule has 1 rings (SSSR count). The van der Waals surface area contributed by atoms with Crippen LogP contribution < -0.4 is 0 Å². The number of hydrogen-bond acceptors (Lipinski definition) is 1. The first-order chi connectivity index (χ1) is 2.89. The second kappa shape index (κ2) is 3.08. The Morgan fingerprint density at radius 2 is 2.43 bits per heavy atom. The molecule has 0 unspecified atom stereocenters. The van der Waals surface area contributed by atoms with Crippen molar-refractivity contribution in [2.24, 2.45) is 0 Å². The van der Waals surface area contributed by atoms with Crippen LogP contribution in [0.2, 0.25) is 5.28 Å². The molecule has 0 saturated carbocycles. The SMILES string of the molecule is Clc1ncc[nH]1.[Fe]. The van der Waals surface area contributed by atoms with Crippen LogP contribution in [0, 0.1) is 0 Å². The van der Waals surface area contributed by atoms with Crippen LogP contribution in [0.1, 0.15) is 0 Å². The van der Waals surface area contributed by atoms with Crippen LogP contribution in [0.25, 0.3) is 0 Å². The summed E-state index contributed by atoms with van der Waals surface area (Å²) in [6.45, 7) is 0. The van der Waals surface area contributed by atoms with E-state index in [1.54, 1.807) is 12.4 Å². The fourth-order valence-electron chi connectivity index (χ4n) is 0.246. The number of H-pyrrole nitrogens is 1. The number of imidazole rings is 1. The molecule has 0 fully saturated rings. The summed E-state index contributed by atoms with van der Waals surface area (Å²) in [6, 6.07) is 0. The minimum Gasteiger partial charge on any atom is -0.335 e. The van der Waals surface area contributed by atoms with Crippen molar-refractivity contribution in [3.63, 3.8) is 0 Å². The Hall–Kier alpha value is 0.0195. The fourth-order valence-corrected chi connectivity index (χ4v) is 0.365. The van der Waals surface area contributed by atoms with Crippen molar-refractivity contribution in [3.05, 3.63) is 17.7 Å². The molecule has 2 nitrogen and oxygen atoms in total. The average Bonchev–Trinajstić information content (AvgIpc) is 1.86. The summed E-state index contributed by atoms with van der Waals surface area (Å²) in [5.74, 6) is 0. The Morgan fingerprint density at radius 3 is 2.57 bits per heavy atom. The second-order valence-electron chi connectivity index (χ2n) is 0.880. The summed E-state index contributed by atoms with van der Waals surface area (Å²) in [6.07, 6.45) is 3.27. The quantitative estimate of drug-likeness (QED) is 0.562. The van der Waals surface area contributed by atoms with E-state index in [-0.39, 0.29) is 17.1 Å². The van der Waals surface area contributed by atoms with Crippen LogP contribution in [0.4, 0.5) is 0 Å². The third-order valence-corrected chi connectivity index (χ3v) is 0.672. The summed E-state index contributed by atoms with van der Waals surface area (Å²) in [4.78, 5) is 6.28. The number of hydrogen-bond donors (Lipinski definition) is 1. The Balaban J connectivity index is 0.000000360. The standard InChI is InChI=1S/C3H3ClN2.Fe/c4-3-5-1-2-6-3;/h1-2H,(H,5,6);. The van der Waals surface area contributed by atoms with Gasteiger partial charge in [0.05, 0.1) is 0 Å². The molecule has 0 aliphatic heterocycles. The molecular weight excluding hydrogens is 155 g/mol. The van der Waals surface area contributed by atoms with E-state index in [4.69, 9.17) is 11.6 Å². The van der Waals surface area contributed by atoms with E-state index in [0.29, 0.717) is 5.28 Å². The van der Waals surface area contributed by atoms with Gasteiger partial charge in [0.1, 0.15) is 0 Å². The van der Waals surface area contributed by atoms with Crippen molar-refractivity contribution in [1.82, 2.24) is 9.97 Å². The summed E-state index contributed by atoms with van der Waals surface area (Å²) >= 11 is 5.29. The first-order valence-electron chi connectivity index (χ1n) is 1.54. The third kappa shape index (κ3) is 1.97. The molecule has 0 atom stereocenters. The Morgan fingerprint density at radius 1 is 1.71 bits per heavy atom. The normalized spacial score (nSPS) is 7.57. The second-order valence-corrected chi connectivity index (χ2v) is 1.24. The van der Waals surface area contributed by atoms with Gasteiger partial charge < -0.3 is 4.98 Å². The molecule has 1 N–H and O–H groups in total. The first kappa shape index (κ1) is 7.02. The topological polar surface area (TPSA) is 28.7 Å². The van der Waals surface area contributed by atoms with Gasteiger partial charge in [0.15, 0.2) is 5.28 Å². The van der Waals surface area contributed by atoms with Crippen LogP contribution in [0.15, 0.2) is 12.4 Å². The molecular formula is C3H3ClFeN2. The van der Waals surface area contributed by atoms with Gasteiger partial charge in [-0.05, 0) is 11.6 Å². The van der Waals surface area contributed by atoms with E-state index >= 15 is 0 Å². The zero-order chi connectivity index (χ0) is 4.41. The van der Waals surface area contributed by atoms with Gasteiger partial charge in [-0.25, -0.2) is 4.98 Å². The molecule has 7 heavy (non-hydrogen) atoms. The summed E-state index contributed by atoms with van der Waals surface area (Å²) in [5.41, 5.74) is 0. The molecule has 0 aliphatic carbocycles. The van der Waals surface area contributed by atoms with Gasteiger partial charge in [-0.15, -0.1) is 0 Å². The molecule has 0 amide bonds. The molecule has 0 aliphatic rings. The maximum absolute atomic E-state index is 5.29. The van der Waals surface area contributed by atoms with Gasteiger partial charge in [-0.1, -0.05) is 0 Å². The summed E-state index contributed by atoms with van der Waals surface area (Å²) < 4.78 is 0. The molecule has 0 radical (unpaired) electrons. The number of rotatable bonds is 0. The van der Waals surface area contributed by atoms with Gasteiger partial charge in [0.25, 0.3) is 0 Å². The molecule has 0 bridgehead atoms. The largest absolute Gasteiger partial charge is 0.335 e. The van der Waals surface area contributed by atoms with Gasteiger partial charge in [0, 0.05) is 29.5 Å². The first-order valence-corrected chi connectivity index (χ1v) is 1.92. The third-order valence-electron chi connectivity index (χ3n) is 0.465. The van der Waals surface area contributed by atoms with Crippen LogP contribution in [-0.2, 0) is 17.1 Å². The van der Waals surface area contributed by atoms with Crippen molar-refractivity contribution in [2.45, 2.75) is 0 Å². The van der Waals surface area contributed by atoms with Gasteiger partial charge in [0.2, 0.25) is 0 Å². The van der Waals surface area contributed by atoms with Crippen LogP contribution in [-0.4, -0.2) is 9.97 Å². The van der Waals surface area contributed by atoms with E-state index in [0.717, 1.165) is 0 Å². The molecule has 0 aromatic carbocycles. The number of halogens is 1. The predicted molar refractivity (Wildman–Crippen MR) is 23.6 cm³/mol. The van der Waals surface area contributed by atoms with Crippen LogP contribution in [0.3, 0.4) is 0 Å². The van der Waals surface area contributed by atoms with Crippen molar-refractivity contribution in [1.29, 1.82) is 0 Å². The molecule has 1 aromatic heterocycles. The Bertz CT molecular complexity index is 116. The minimum atomic E-state index is 0. The van der Waals surface area contributed by atoms with Crippen LogP contribution >= 0.6 is 11.6 Å². The van der Waals surface area contributed by atoms with Gasteiger partial charge >= 0.3 is 0 Å². The van der Waals surface area contributed by atoms with E-state index in [1.807, 2.05) is 0 Å². The van der Waals surface area contributed by atoms with E-state index < -0.39 is 0 Å². The summed E-state index contributed by atoms with van der Waals surface area (Å²) in [7, 11) is 0. The number of aromatic nitrogens is 2. The van der Waals surface area contributed by atoms with Crippen molar-refractivity contribution < 1.29 is 17.1 Å². The smallest absolute Gasteiger partial charge is 0.199 e. The molecule has 0 saturated heterocycles. The van der Waals surface area contributed by atoms with E-state index in [1.165, 1.54) is 0 Å². The number of nitrogens with zero attached hydrogens (tertiary/aromatic N) is 1. The van der Waals surface area contributed by atoms with Crippen LogP contribution in [0.5, 0.6) is 0 Å². The Kier molecular flexibility index (Phi) is 3.09. The monoisotopic (exact) mass is 158 g/mol. The van der Waals surface area contributed by atoms with E-state index in [2.05, 4.69) is 9.97 Å². The molecule has 1 aromatic rings. The van der Waals surface area contributed by atoms with E-state index in [9.17, 15) is 0 Å². The zero-order valence-electron chi connectivity index (χ0n) is 3.33. The van der Waals surface area contributed by atoms with Gasteiger partial charge in [-0.3, -0.25) is 0 Å². The van der Waals surface area contributed by atoms with Crippen molar-refractivity contribution in [3.8, 4) is 0 Å². The van der Waals surface area contributed by atoms with Gasteiger partial charge in [-0.2, -0.15) is 0 Å². The van der Waals surface area contributed by atoms with Crippen molar-refractivity contribution >= 4 is 11.6 Å². The fraction of sp³-hybridized carbons (Fsp3) is 0. The molecule has 4 heteroatoms. The molecule has 1 heterocycles. The maximum atomic E-state index is 5.29. The average molecular weight is 158 g/mol. The Labute approximate surface area is 56.8 Å². The predicted octanol–water partition coefficient (Wildman–Crippen LogP) is 1.06. The minimum absolute atomic E-state index is 0. The molecule has 0 spiro atoms. The number of nitrogens with one attached hydrogen (secondary N) is 1. The maximum Gasteiger partial charge on any atom is 0.199 e. The zero-order valence-corrected chi connectivity index (χ0v) is 5.19. The van der Waals surface area contributed by atoms with Crippen molar-refractivity contribution in [2.75, 3.05) is 0 Å². The molecule has 40 valence electrons. The summed E-state index contributed by atoms with van der Waals surface area (Å²) in [5, 5.41) is 0.440.